The second-order valence-corrected chi connectivity index (χ2v) is 18.2. The van der Waals surface area contributed by atoms with Crippen molar-refractivity contribution >= 4 is 19.8 Å². The lowest BCUT2D eigenvalue weighted by Crippen LogP contribution is -2.42. The molecule has 0 bridgehead atoms. The molecule has 56 heavy (non-hydrogen) atoms. The van der Waals surface area contributed by atoms with Crippen LogP contribution in [0.5, 0.6) is 0 Å². The van der Waals surface area contributed by atoms with E-state index in [1.165, 1.54) is 89.9 Å². The van der Waals surface area contributed by atoms with Gasteiger partial charge in [-0.1, -0.05) is 148 Å². The third-order valence-electron chi connectivity index (χ3n) is 9.92. The average Bonchev–Trinajstić information content (AvgIpc) is 3.14. The van der Waals surface area contributed by atoms with Crippen molar-refractivity contribution in [3.8, 4) is 0 Å². The number of phosphoric ester groups is 1. The van der Waals surface area contributed by atoms with Crippen molar-refractivity contribution in [2.45, 2.75) is 219 Å². The Balaban J connectivity index is 4.55. The maximum Gasteiger partial charge on any atom is 0.306 e. The molecule has 0 aliphatic heterocycles. The van der Waals surface area contributed by atoms with Crippen molar-refractivity contribution in [1.82, 2.24) is 0 Å². The first kappa shape index (κ1) is 54.5. The second kappa shape index (κ2) is 37.7. The molecule has 0 amide bonds. The Hall–Kier alpha value is -1.51. The Morgan fingerprint density at radius 2 is 0.946 bits per heavy atom. The highest BCUT2D eigenvalue weighted by Gasteiger charge is 2.25. The third kappa shape index (κ3) is 39.3. The number of carbonyl (C=O) groups is 2. The van der Waals surface area contributed by atoms with Crippen molar-refractivity contribution in [1.29, 1.82) is 0 Å². The van der Waals surface area contributed by atoms with Gasteiger partial charge in [0.25, 0.3) is 7.82 Å². The van der Waals surface area contributed by atoms with E-state index in [1.807, 2.05) is 28.1 Å². The van der Waals surface area contributed by atoms with Crippen LogP contribution in [-0.4, -0.2) is 69.5 Å². The molecule has 0 heterocycles. The molecule has 9 nitrogen and oxygen atoms in total. The highest BCUT2D eigenvalue weighted by atomic mass is 31.2. The number of nitrogens with zero attached hydrogens (tertiary/aromatic N) is 1. The summed E-state index contributed by atoms with van der Waals surface area (Å²) >= 11 is 0. The van der Waals surface area contributed by atoms with Crippen molar-refractivity contribution < 1.29 is 42.1 Å². The fourth-order valence-corrected chi connectivity index (χ4v) is 7.53. The van der Waals surface area contributed by atoms with Gasteiger partial charge in [-0.2, -0.15) is 0 Å². The number of ether oxygens (including phenoxy) is 2. The number of esters is 2. The number of hydrogen-bond acceptors (Lipinski definition) is 8. The number of phosphoric acid groups is 1. The SMILES string of the molecule is CCCCCCCC/C=C\CCCCCCCC(=O)OC[C@H](COP(=O)([O-])O[C@@H](CC)C[N+](C)(C)C)OC(=O)CCCCCCC/C=C\CCCCCCCC. The van der Waals surface area contributed by atoms with Gasteiger partial charge in [0.1, 0.15) is 19.3 Å². The lowest BCUT2D eigenvalue weighted by molar-refractivity contribution is -0.873. The number of quaternary nitrogens is 1. The number of hydrogen-bond donors (Lipinski definition) is 0. The largest absolute Gasteiger partial charge is 0.756 e. The van der Waals surface area contributed by atoms with E-state index in [0.29, 0.717) is 23.9 Å². The standard InChI is InChI=1S/C46H88NO8P/c1-7-10-12-14-16-18-20-22-24-26-28-30-32-34-36-38-45(48)52-41-44(42-53-56(50,51)55-43(9-3)40-47(4,5)6)54-46(49)39-37-35-33-31-29-27-25-23-21-19-17-15-13-11-8-2/h22-25,43-44H,7-21,26-42H2,1-6H3/b24-22-,25-23-/t43-,44+/m0/s1. The van der Waals surface area contributed by atoms with Crippen LogP contribution in [0.2, 0.25) is 0 Å². The summed E-state index contributed by atoms with van der Waals surface area (Å²) in [5, 5.41) is 0. The van der Waals surface area contributed by atoms with Crippen LogP contribution in [0.1, 0.15) is 207 Å². The Kier molecular flexibility index (Phi) is 36.7. The van der Waals surface area contributed by atoms with Crippen LogP contribution >= 0.6 is 7.82 Å². The van der Waals surface area contributed by atoms with E-state index in [0.717, 1.165) is 70.6 Å². The predicted molar refractivity (Wildman–Crippen MR) is 231 cm³/mol. The van der Waals surface area contributed by atoms with Crippen LogP contribution in [0.25, 0.3) is 0 Å². The van der Waals surface area contributed by atoms with Crippen molar-refractivity contribution in [3.63, 3.8) is 0 Å². The quantitative estimate of drug-likeness (QED) is 0.0197. The molecule has 0 saturated heterocycles. The van der Waals surface area contributed by atoms with Crippen LogP contribution in [0, 0.1) is 0 Å². The summed E-state index contributed by atoms with van der Waals surface area (Å²) in [6.45, 7) is 6.10. The second-order valence-electron chi connectivity index (χ2n) is 16.8. The topological polar surface area (TPSA) is 111 Å². The Bertz CT molecular complexity index is 1030. The minimum Gasteiger partial charge on any atom is -0.756 e. The summed E-state index contributed by atoms with van der Waals surface area (Å²) in [6.07, 6.45) is 39.0. The predicted octanol–water partition coefficient (Wildman–Crippen LogP) is 12.5. The number of unbranched alkanes of at least 4 members (excludes halogenated alkanes) is 22. The first-order valence-electron chi connectivity index (χ1n) is 23.0. The monoisotopic (exact) mass is 814 g/mol. The van der Waals surface area contributed by atoms with E-state index in [9.17, 15) is 19.0 Å². The highest BCUT2D eigenvalue weighted by Crippen LogP contribution is 2.41. The minimum absolute atomic E-state index is 0.213. The molecule has 0 aliphatic carbocycles. The molecule has 0 saturated carbocycles. The fourth-order valence-electron chi connectivity index (χ4n) is 6.53. The van der Waals surface area contributed by atoms with Gasteiger partial charge in [0.2, 0.25) is 0 Å². The van der Waals surface area contributed by atoms with Crippen LogP contribution in [-0.2, 0) is 32.7 Å². The molecule has 0 fully saturated rings. The molecular formula is C46H88NO8P. The van der Waals surface area contributed by atoms with Gasteiger partial charge in [0.15, 0.2) is 6.10 Å². The zero-order valence-corrected chi connectivity index (χ0v) is 38.1. The van der Waals surface area contributed by atoms with Gasteiger partial charge in [0.05, 0.1) is 27.7 Å². The maximum absolute atomic E-state index is 12.8. The summed E-state index contributed by atoms with van der Waals surface area (Å²) in [5.74, 6) is -0.848. The Labute approximate surface area is 345 Å². The van der Waals surface area contributed by atoms with Crippen LogP contribution < -0.4 is 4.89 Å². The van der Waals surface area contributed by atoms with Gasteiger partial charge in [-0.15, -0.1) is 0 Å². The summed E-state index contributed by atoms with van der Waals surface area (Å²) < 4.78 is 34.8. The van der Waals surface area contributed by atoms with Crippen LogP contribution in [0.15, 0.2) is 24.3 Å². The molecule has 0 aromatic rings. The molecule has 0 aromatic heterocycles. The third-order valence-corrected chi connectivity index (χ3v) is 10.9. The molecule has 0 spiro atoms. The molecule has 0 radical (unpaired) electrons. The first-order valence-corrected chi connectivity index (χ1v) is 24.5. The van der Waals surface area contributed by atoms with Crippen molar-refractivity contribution in [2.24, 2.45) is 0 Å². The lowest BCUT2D eigenvalue weighted by atomic mass is 10.1. The summed E-state index contributed by atoms with van der Waals surface area (Å²) in [5.41, 5.74) is 0. The van der Waals surface area contributed by atoms with Gasteiger partial charge in [0, 0.05) is 12.8 Å². The van der Waals surface area contributed by atoms with Crippen molar-refractivity contribution in [2.75, 3.05) is 40.9 Å². The van der Waals surface area contributed by atoms with E-state index in [-0.39, 0.29) is 19.4 Å². The molecule has 0 rings (SSSR count). The van der Waals surface area contributed by atoms with Gasteiger partial charge in [-0.25, -0.2) is 0 Å². The van der Waals surface area contributed by atoms with E-state index in [4.69, 9.17) is 18.5 Å². The normalized spacial score (nSPS) is 14.3. The molecule has 0 N–H and O–H groups in total. The summed E-state index contributed by atoms with van der Waals surface area (Å²) in [6, 6.07) is 0. The molecular weight excluding hydrogens is 725 g/mol. The molecule has 0 aliphatic rings. The molecule has 10 heteroatoms. The molecule has 0 aromatic carbocycles. The van der Waals surface area contributed by atoms with Crippen molar-refractivity contribution in [3.05, 3.63) is 24.3 Å². The van der Waals surface area contributed by atoms with Gasteiger partial charge in [-0.3, -0.25) is 14.2 Å². The summed E-state index contributed by atoms with van der Waals surface area (Å²) in [4.78, 5) is 38.0. The molecule has 3 atom stereocenters. The van der Waals surface area contributed by atoms with Gasteiger partial charge >= 0.3 is 11.9 Å². The van der Waals surface area contributed by atoms with Gasteiger partial charge in [-0.05, 0) is 70.6 Å². The van der Waals surface area contributed by atoms with E-state index >= 15 is 0 Å². The first-order chi connectivity index (χ1) is 26.9. The smallest absolute Gasteiger partial charge is 0.306 e. The van der Waals surface area contributed by atoms with E-state index in [1.54, 1.807) is 0 Å². The Morgan fingerprint density at radius 3 is 1.36 bits per heavy atom. The van der Waals surface area contributed by atoms with E-state index < -0.39 is 38.6 Å². The highest BCUT2D eigenvalue weighted by molar-refractivity contribution is 7.45. The number of rotatable bonds is 41. The number of allylic oxidation sites excluding steroid dienone is 4. The Morgan fingerprint density at radius 1 is 0.554 bits per heavy atom. The molecule has 1 unspecified atom stereocenters. The zero-order chi connectivity index (χ0) is 41.6. The summed E-state index contributed by atoms with van der Waals surface area (Å²) in [7, 11) is 1.18. The van der Waals surface area contributed by atoms with E-state index in [2.05, 4.69) is 38.2 Å². The lowest BCUT2D eigenvalue weighted by Gasteiger charge is -2.33. The zero-order valence-electron chi connectivity index (χ0n) is 37.3. The minimum atomic E-state index is -4.70. The maximum atomic E-state index is 12.8. The molecule has 330 valence electrons. The number of likely N-dealkylation sites (N-methyl/N-ethyl adjacent to an activating group) is 1. The number of carbonyl (C=O) groups excluding carboxylic acids is 2. The van der Waals surface area contributed by atoms with Crippen LogP contribution in [0.3, 0.4) is 0 Å². The van der Waals surface area contributed by atoms with Gasteiger partial charge < -0.3 is 27.9 Å². The van der Waals surface area contributed by atoms with Crippen LogP contribution in [0.4, 0.5) is 0 Å². The fraction of sp³-hybridized carbons (Fsp3) is 0.870. The average molecular weight is 814 g/mol.